The Morgan fingerprint density at radius 3 is 2.18 bits per heavy atom. The number of rotatable bonds is 6. The molecule has 5 nitrogen and oxygen atoms in total. The Balaban J connectivity index is 1.76. The molecule has 0 unspecified atom stereocenters. The molecule has 0 aromatic heterocycles. The number of para-hydroxylation sites is 1. The van der Waals surface area contributed by atoms with E-state index >= 15 is 0 Å². The third-order valence-electron chi connectivity index (χ3n) is 5.29. The zero-order valence-electron chi connectivity index (χ0n) is 16.6. The predicted octanol–water partition coefficient (Wildman–Crippen LogP) is 4.01. The summed E-state index contributed by atoms with van der Waals surface area (Å²) in [6.45, 7) is 6.05. The van der Waals surface area contributed by atoms with Crippen LogP contribution in [0.3, 0.4) is 0 Å². The molecule has 5 heteroatoms. The van der Waals surface area contributed by atoms with Crippen LogP contribution in [0.15, 0.2) is 42.5 Å². The highest BCUT2D eigenvalue weighted by Crippen LogP contribution is 2.32. The lowest BCUT2D eigenvalue weighted by atomic mass is 10.0. The number of anilines is 2. The zero-order valence-corrected chi connectivity index (χ0v) is 16.6. The zero-order chi connectivity index (χ0) is 20.3. The largest absolute Gasteiger partial charge is 0.326 e. The minimum Gasteiger partial charge on any atom is -0.326 e. The second-order valence-electron chi connectivity index (χ2n) is 7.16. The van der Waals surface area contributed by atoms with E-state index in [0.29, 0.717) is 17.8 Å². The first kappa shape index (κ1) is 19.8. The topological polar surface area (TPSA) is 66.5 Å². The average molecular weight is 378 g/mol. The van der Waals surface area contributed by atoms with E-state index in [-0.39, 0.29) is 24.0 Å². The van der Waals surface area contributed by atoms with Crippen molar-refractivity contribution in [3.63, 3.8) is 0 Å². The number of carbonyl (C=O) groups is 3. The van der Waals surface area contributed by atoms with Gasteiger partial charge in [-0.05, 0) is 55.2 Å². The van der Waals surface area contributed by atoms with Crippen LogP contribution in [-0.4, -0.2) is 24.1 Å². The van der Waals surface area contributed by atoms with Gasteiger partial charge in [0, 0.05) is 29.9 Å². The number of nitrogens with one attached hydrogen (secondary N) is 1. The van der Waals surface area contributed by atoms with Crippen LogP contribution in [0.5, 0.6) is 0 Å². The molecule has 1 aliphatic rings. The summed E-state index contributed by atoms with van der Waals surface area (Å²) in [6, 6.07) is 12.9. The Morgan fingerprint density at radius 2 is 1.64 bits per heavy atom. The number of nitrogens with zero attached hydrogens (tertiary/aromatic N) is 1. The summed E-state index contributed by atoms with van der Waals surface area (Å²) in [5, 5.41) is 2.87. The number of hydrogen-bond donors (Lipinski definition) is 1. The van der Waals surface area contributed by atoms with Crippen LogP contribution in [0.1, 0.15) is 48.7 Å². The summed E-state index contributed by atoms with van der Waals surface area (Å²) >= 11 is 0. The Hall–Kier alpha value is -2.95. The van der Waals surface area contributed by atoms with Crippen LogP contribution in [0.25, 0.3) is 0 Å². The Bertz CT molecular complexity index is 880. The molecule has 1 heterocycles. The van der Waals surface area contributed by atoms with E-state index in [1.54, 1.807) is 29.2 Å². The number of hydrogen-bond acceptors (Lipinski definition) is 3. The van der Waals surface area contributed by atoms with E-state index in [2.05, 4.69) is 19.2 Å². The fraction of sp³-hybridized carbons (Fsp3) is 0.348. The van der Waals surface area contributed by atoms with Gasteiger partial charge in [-0.2, -0.15) is 0 Å². The van der Waals surface area contributed by atoms with Crippen molar-refractivity contribution in [2.24, 2.45) is 5.92 Å². The molecule has 0 radical (unpaired) electrons. The van der Waals surface area contributed by atoms with Crippen molar-refractivity contribution in [1.82, 2.24) is 0 Å². The van der Waals surface area contributed by atoms with Crippen LogP contribution in [-0.2, 0) is 22.4 Å². The summed E-state index contributed by atoms with van der Waals surface area (Å²) in [5.74, 6) is -0.591. The van der Waals surface area contributed by atoms with Crippen LogP contribution < -0.4 is 10.2 Å². The molecule has 2 aromatic rings. The van der Waals surface area contributed by atoms with Gasteiger partial charge < -0.3 is 10.2 Å². The second kappa shape index (κ2) is 8.38. The van der Waals surface area contributed by atoms with Crippen molar-refractivity contribution in [1.29, 1.82) is 0 Å². The molecule has 1 aliphatic heterocycles. The molecule has 3 rings (SSSR count). The van der Waals surface area contributed by atoms with Crippen LogP contribution in [0, 0.1) is 5.92 Å². The SMILES string of the molecule is CCc1cccc(CC)c1N1C[C@@H](C(=O)Nc2ccc(C(C)=O)cc2)CC1=O. The van der Waals surface area contributed by atoms with Crippen molar-refractivity contribution >= 4 is 29.0 Å². The van der Waals surface area contributed by atoms with Crippen LogP contribution in [0.4, 0.5) is 11.4 Å². The minimum absolute atomic E-state index is 0.0114. The van der Waals surface area contributed by atoms with Gasteiger partial charge in [0.15, 0.2) is 5.78 Å². The van der Waals surface area contributed by atoms with E-state index in [4.69, 9.17) is 0 Å². The van der Waals surface area contributed by atoms with Gasteiger partial charge in [-0.15, -0.1) is 0 Å². The smallest absolute Gasteiger partial charge is 0.229 e. The first-order valence-corrected chi connectivity index (χ1v) is 9.77. The van der Waals surface area contributed by atoms with Crippen LogP contribution >= 0.6 is 0 Å². The molecular weight excluding hydrogens is 352 g/mol. The molecular formula is C23H26N2O3. The normalized spacial score (nSPS) is 16.3. The molecule has 0 bridgehead atoms. The van der Waals surface area contributed by atoms with Gasteiger partial charge in [-0.25, -0.2) is 0 Å². The number of aryl methyl sites for hydroxylation is 2. The summed E-state index contributed by atoms with van der Waals surface area (Å²) in [4.78, 5) is 38.6. The van der Waals surface area contributed by atoms with Crippen molar-refractivity contribution in [3.8, 4) is 0 Å². The maximum absolute atomic E-state index is 12.7. The Morgan fingerprint density at radius 1 is 1.04 bits per heavy atom. The molecule has 1 fully saturated rings. The van der Waals surface area contributed by atoms with Crippen molar-refractivity contribution in [3.05, 3.63) is 59.2 Å². The lowest BCUT2D eigenvalue weighted by molar-refractivity contribution is -0.122. The molecule has 2 aromatic carbocycles. The predicted molar refractivity (Wildman–Crippen MR) is 111 cm³/mol. The van der Waals surface area contributed by atoms with E-state index in [9.17, 15) is 14.4 Å². The molecule has 2 amide bonds. The minimum atomic E-state index is -0.394. The summed E-state index contributed by atoms with van der Waals surface area (Å²) in [5.41, 5.74) is 4.47. The standard InChI is InChI=1S/C23H26N2O3/c1-4-16-7-6-8-17(5-2)22(16)25-14-19(13-21(25)27)23(28)24-20-11-9-18(10-12-20)15(3)26/h6-12,19H,4-5,13-14H2,1-3H3,(H,24,28)/t19-/m0/s1. The van der Waals surface area contributed by atoms with E-state index in [0.717, 1.165) is 29.7 Å². The third-order valence-corrected chi connectivity index (χ3v) is 5.29. The molecule has 146 valence electrons. The molecule has 28 heavy (non-hydrogen) atoms. The van der Waals surface area contributed by atoms with Gasteiger partial charge in [0.25, 0.3) is 0 Å². The van der Waals surface area contributed by atoms with Crippen molar-refractivity contribution in [2.75, 3.05) is 16.8 Å². The Labute approximate surface area is 165 Å². The highest BCUT2D eigenvalue weighted by atomic mass is 16.2. The first-order valence-electron chi connectivity index (χ1n) is 9.77. The molecule has 1 saturated heterocycles. The first-order chi connectivity index (χ1) is 13.4. The lowest BCUT2D eigenvalue weighted by Gasteiger charge is -2.23. The van der Waals surface area contributed by atoms with Gasteiger partial charge >= 0.3 is 0 Å². The maximum Gasteiger partial charge on any atom is 0.229 e. The number of carbonyl (C=O) groups excluding carboxylic acids is 3. The number of amides is 2. The monoisotopic (exact) mass is 378 g/mol. The molecule has 0 aliphatic carbocycles. The molecule has 1 N–H and O–H groups in total. The Kier molecular flexibility index (Phi) is 5.93. The van der Waals surface area contributed by atoms with E-state index in [1.807, 2.05) is 18.2 Å². The average Bonchev–Trinajstić information content (AvgIpc) is 3.09. The lowest BCUT2D eigenvalue weighted by Crippen LogP contribution is -2.29. The fourth-order valence-corrected chi connectivity index (χ4v) is 3.69. The van der Waals surface area contributed by atoms with Crippen LogP contribution in [0.2, 0.25) is 0 Å². The van der Waals surface area contributed by atoms with Gasteiger partial charge in [0.1, 0.15) is 0 Å². The van der Waals surface area contributed by atoms with Gasteiger partial charge in [0.2, 0.25) is 11.8 Å². The number of benzene rings is 2. The highest BCUT2D eigenvalue weighted by molar-refractivity contribution is 6.04. The second-order valence-corrected chi connectivity index (χ2v) is 7.16. The number of Topliss-reactive ketones (excluding diaryl/α,β-unsaturated/α-hetero) is 1. The summed E-state index contributed by atoms with van der Waals surface area (Å²) in [7, 11) is 0. The van der Waals surface area contributed by atoms with Gasteiger partial charge in [-0.3, -0.25) is 14.4 Å². The molecule has 0 saturated carbocycles. The van der Waals surface area contributed by atoms with Crippen molar-refractivity contribution < 1.29 is 14.4 Å². The molecule has 1 atom stereocenters. The quantitative estimate of drug-likeness (QED) is 0.773. The fourth-order valence-electron chi connectivity index (χ4n) is 3.69. The van der Waals surface area contributed by atoms with E-state index in [1.165, 1.54) is 6.92 Å². The van der Waals surface area contributed by atoms with Gasteiger partial charge in [-0.1, -0.05) is 32.0 Å². The van der Waals surface area contributed by atoms with E-state index < -0.39 is 5.92 Å². The number of ketones is 1. The highest BCUT2D eigenvalue weighted by Gasteiger charge is 2.36. The van der Waals surface area contributed by atoms with Crippen molar-refractivity contribution in [2.45, 2.75) is 40.0 Å². The van der Waals surface area contributed by atoms with Gasteiger partial charge in [0.05, 0.1) is 5.92 Å². The molecule has 0 spiro atoms. The maximum atomic E-state index is 12.7. The summed E-state index contributed by atoms with van der Waals surface area (Å²) in [6.07, 6.45) is 1.89. The summed E-state index contributed by atoms with van der Waals surface area (Å²) < 4.78 is 0. The third kappa shape index (κ3) is 3.98.